The predicted octanol–water partition coefficient (Wildman–Crippen LogP) is -0.423. The van der Waals surface area contributed by atoms with Crippen molar-refractivity contribution < 1.29 is 0 Å². The molecule has 0 amide bonds. The molecule has 2 aromatic heterocycles. The molecule has 0 saturated carbocycles. The SMILES string of the molecule is Cn1cc(CN2CC(N3CCN(c4ncccn4)CC3)C2)ncc1=O. The molecule has 2 aliphatic heterocycles. The van der Waals surface area contributed by atoms with Crippen LogP contribution in [0.15, 0.2) is 35.6 Å². The Morgan fingerprint density at radius 1 is 1.08 bits per heavy atom. The average molecular weight is 341 g/mol. The van der Waals surface area contributed by atoms with Crippen LogP contribution in [0.1, 0.15) is 5.69 Å². The number of rotatable bonds is 4. The Balaban J connectivity index is 1.25. The van der Waals surface area contributed by atoms with Crippen molar-refractivity contribution in [2.75, 3.05) is 44.2 Å². The Morgan fingerprint density at radius 3 is 2.48 bits per heavy atom. The molecule has 2 fully saturated rings. The van der Waals surface area contributed by atoms with Gasteiger partial charge in [-0.1, -0.05) is 0 Å². The molecule has 132 valence electrons. The van der Waals surface area contributed by atoms with Gasteiger partial charge in [-0.25, -0.2) is 9.97 Å². The number of anilines is 1. The highest BCUT2D eigenvalue weighted by Gasteiger charge is 2.33. The summed E-state index contributed by atoms with van der Waals surface area (Å²) in [6.07, 6.45) is 6.82. The Kier molecular flexibility index (Phi) is 4.46. The van der Waals surface area contributed by atoms with Crippen LogP contribution in [0.2, 0.25) is 0 Å². The molecule has 0 atom stereocenters. The molecule has 0 N–H and O–H groups in total. The minimum absolute atomic E-state index is 0.0643. The lowest BCUT2D eigenvalue weighted by Gasteiger charge is -2.48. The van der Waals surface area contributed by atoms with Gasteiger partial charge in [0.25, 0.3) is 5.56 Å². The van der Waals surface area contributed by atoms with E-state index in [0.29, 0.717) is 6.04 Å². The van der Waals surface area contributed by atoms with Crippen molar-refractivity contribution in [2.24, 2.45) is 7.05 Å². The van der Waals surface area contributed by atoms with Crippen molar-refractivity contribution >= 4 is 5.95 Å². The summed E-state index contributed by atoms with van der Waals surface area (Å²) in [6, 6.07) is 2.47. The second-order valence-electron chi connectivity index (χ2n) is 6.75. The molecule has 0 unspecified atom stereocenters. The molecule has 0 aliphatic carbocycles. The van der Waals surface area contributed by atoms with E-state index in [1.807, 2.05) is 12.3 Å². The normalized spacial score (nSPS) is 19.8. The molecule has 8 nitrogen and oxygen atoms in total. The number of nitrogens with zero attached hydrogens (tertiary/aromatic N) is 7. The highest BCUT2D eigenvalue weighted by atomic mass is 16.1. The summed E-state index contributed by atoms with van der Waals surface area (Å²) in [5.74, 6) is 0.832. The molecule has 2 aliphatic rings. The summed E-state index contributed by atoms with van der Waals surface area (Å²) >= 11 is 0. The molecule has 25 heavy (non-hydrogen) atoms. The summed E-state index contributed by atoms with van der Waals surface area (Å²) in [5, 5.41) is 0. The van der Waals surface area contributed by atoms with Crippen molar-refractivity contribution in [1.29, 1.82) is 0 Å². The van der Waals surface area contributed by atoms with E-state index in [2.05, 4.69) is 29.7 Å². The molecule has 4 heterocycles. The standard InChI is InChI=1S/C17H23N7O/c1-21-10-14(20-9-16(21)25)11-22-12-15(13-22)23-5-7-24(8-6-23)17-18-3-2-4-19-17/h2-4,9-10,15H,5-8,11-13H2,1H3. The van der Waals surface area contributed by atoms with Gasteiger partial charge in [0.1, 0.15) is 0 Å². The van der Waals surface area contributed by atoms with Gasteiger partial charge in [-0.05, 0) is 6.07 Å². The summed E-state index contributed by atoms with van der Waals surface area (Å²) in [7, 11) is 1.77. The molecule has 0 spiro atoms. The van der Waals surface area contributed by atoms with Gasteiger partial charge >= 0.3 is 0 Å². The third-order valence-electron chi connectivity index (χ3n) is 5.02. The van der Waals surface area contributed by atoms with E-state index in [1.165, 1.54) is 6.20 Å². The average Bonchev–Trinajstić information content (AvgIpc) is 2.62. The molecule has 2 aromatic rings. The van der Waals surface area contributed by atoms with Crippen LogP contribution in [-0.2, 0) is 13.6 Å². The first-order chi connectivity index (χ1) is 12.2. The van der Waals surface area contributed by atoms with E-state index in [9.17, 15) is 4.79 Å². The van der Waals surface area contributed by atoms with Gasteiger partial charge in [0.05, 0.1) is 11.9 Å². The van der Waals surface area contributed by atoms with Crippen LogP contribution in [0.25, 0.3) is 0 Å². The second-order valence-corrected chi connectivity index (χ2v) is 6.75. The quantitative estimate of drug-likeness (QED) is 0.748. The number of hydrogen-bond acceptors (Lipinski definition) is 7. The van der Waals surface area contributed by atoms with Crippen LogP contribution in [0.5, 0.6) is 0 Å². The van der Waals surface area contributed by atoms with Gasteiger partial charge < -0.3 is 9.47 Å². The van der Waals surface area contributed by atoms with E-state index < -0.39 is 0 Å². The van der Waals surface area contributed by atoms with Crippen LogP contribution in [-0.4, -0.2) is 74.6 Å². The zero-order valence-electron chi connectivity index (χ0n) is 14.5. The zero-order chi connectivity index (χ0) is 17.2. The maximum absolute atomic E-state index is 11.4. The van der Waals surface area contributed by atoms with Crippen molar-refractivity contribution in [3.63, 3.8) is 0 Å². The summed E-state index contributed by atoms with van der Waals surface area (Å²) in [6.45, 7) is 6.98. The van der Waals surface area contributed by atoms with Gasteiger partial charge in [0.2, 0.25) is 5.95 Å². The van der Waals surface area contributed by atoms with Crippen LogP contribution in [0.4, 0.5) is 5.95 Å². The summed E-state index contributed by atoms with van der Waals surface area (Å²) in [4.78, 5) is 31.5. The van der Waals surface area contributed by atoms with Crippen LogP contribution >= 0.6 is 0 Å². The first kappa shape index (κ1) is 16.2. The van der Waals surface area contributed by atoms with Crippen molar-refractivity contribution in [1.82, 2.24) is 29.3 Å². The fourth-order valence-corrected chi connectivity index (χ4v) is 3.50. The molecular formula is C17H23N7O. The highest BCUT2D eigenvalue weighted by Crippen LogP contribution is 2.19. The van der Waals surface area contributed by atoms with Crippen molar-refractivity contribution in [3.05, 3.63) is 46.9 Å². The van der Waals surface area contributed by atoms with E-state index in [-0.39, 0.29) is 5.56 Å². The van der Waals surface area contributed by atoms with Gasteiger partial charge in [-0.15, -0.1) is 0 Å². The summed E-state index contributed by atoms with van der Waals surface area (Å²) < 4.78 is 1.59. The van der Waals surface area contributed by atoms with E-state index in [4.69, 9.17) is 0 Å². The van der Waals surface area contributed by atoms with Gasteiger partial charge in [0, 0.05) is 77.5 Å². The van der Waals surface area contributed by atoms with Crippen molar-refractivity contribution in [2.45, 2.75) is 12.6 Å². The Bertz CT molecular complexity index is 764. The van der Waals surface area contributed by atoms with Gasteiger partial charge in [-0.3, -0.25) is 19.6 Å². The Morgan fingerprint density at radius 2 is 1.80 bits per heavy atom. The molecule has 0 aromatic carbocycles. The number of piperazine rings is 1. The van der Waals surface area contributed by atoms with Gasteiger partial charge in [-0.2, -0.15) is 0 Å². The van der Waals surface area contributed by atoms with Crippen LogP contribution in [0.3, 0.4) is 0 Å². The Hall–Kier alpha value is -2.32. The molecule has 0 bridgehead atoms. The van der Waals surface area contributed by atoms with Crippen molar-refractivity contribution in [3.8, 4) is 0 Å². The highest BCUT2D eigenvalue weighted by molar-refractivity contribution is 5.29. The zero-order valence-corrected chi connectivity index (χ0v) is 14.5. The third kappa shape index (κ3) is 3.54. The first-order valence-corrected chi connectivity index (χ1v) is 8.69. The predicted molar refractivity (Wildman–Crippen MR) is 94.4 cm³/mol. The molecule has 8 heteroatoms. The minimum atomic E-state index is -0.0643. The third-order valence-corrected chi connectivity index (χ3v) is 5.02. The number of likely N-dealkylation sites (tertiary alicyclic amines) is 1. The van der Waals surface area contributed by atoms with Crippen LogP contribution in [0, 0.1) is 0 Å². The molecule has 2 saturated heterocycles. The lowest BCUT2D eigenvalue weighted by atomic mass is 10.1. The monoisotopic (exact) mass is 341 g/mol. The largest absolute Gasteiger partial charge is 0.338 e. The van der Waals surface area contributed by atoms with Crippen LogP contribution < -0.4 is 10.5 Å². The lowest BCUT2D eigenvalue weighted by Crippen LogP contribution is -2.62. The number of aryl methyl sites for hydroxylation is 1. The lowest BCUT2D eigenvalue weighted by molar-refractivity contribution is 0.0246. The minimum Gasteiger partial charge on any atom is -0.338 e. The van der Waals surface area contributed by atoms with E-state index >= 15 is 0 Å². The van der Waals surface area contributed by atoms with E-state index in [0.717, 1.165) is 57.5 Å². The second kappa shape index (κ2) is 6.89. The first-order valence-electron chi connectivity index (χ1n) is 8.69. The number of aromatic nitrogens is 4. The fraction of sp³-hybridized carbons (Fsp3) is 0.529. The smallest absolute Gasteiger partial charge is 0.268 e. The summed E-state index contributed by atoms with van der Waals surface area (Å²) in [5.41, 5.74) is 0.886. The van der Waals surface area contributed by atoms with Gasteiger partial charge in [0.15, 0.2) is 0 Å². The maximum Gasteiger partial charge on any atom is 0.268 e. The molecule has 0 radical (unpaired) electrons. The number of hydrogen-bond donors (Lipinski definition) is 0. The topological polar surface area (TPSA) is 70.4 Å². The fourth-order valence-electron chi connectivity index (χ4n) is 3.50. The maximum atomic E-state index is 11.4. The van der Waals surface area contributed by atoms with E-state index in [1.54, 1.807) is 24.0 Å². The molecule has 4 rings (SSSR count). The Labute approximate surface area is 146 Å². The molecular weight excluding hydrogens is 318 g/mol.